The van der Waals surface area contributed by atoms with Crippen LogP contribution in [0.1, 0.15) is 27.2 Å². The predicted molar refractivity (Wildman–Crippen MR) is 126 cm³/mol. The molecule has 0 unspecified atom stereocenters. The van der Waals surface area contributed by atoms with Crippen molar-refractivity contribution in [3.8, 4) is 11.8 Å². The van der Waals surface area contributed by atoms with E-state index in [4.69, 9.17) is 0 Å². The van der Waals surface area contributed by atoms with Gasteiger partial charge >= 0.3 is 0 Å². The Morgan fingerprint density at radius 1 is 1.00 bits per heavy atom. The van der Waals surface area contributed by atoms with Gasteiger partial charge in [0.1, 0.15) is 16.3 Å². The summed E-state index contributed by atoms with van der Waals surface area (Å²) in [5.41, 5.74) is 2.97. The summed E-state index contributed by atoms with van der Waals surface area (Å²) in [5.74, 6) is -0.404. The molecule has 32 heavy (non-hydrogen) atoms. The highest BCUT2D eigenvalue weighted by Crippen LogP contribution is 2.15. The number of nitriles is 1. The highest BCUT2D eigenvalue weighted by atomic mass is 32.1. The molecule has 156 valence electrons. The fraction of sp³-hybridized carbons (Fsp3) is 0.0769. The zero-order chi connectivity index (χ0) is 22.7. The van der Waals surface area contributed by atoms with Crippen LogP contribution in [0.25, 0.3) is 17.3 Å². The van der Waals surface area contributed by atoms with Crippen LogP contribution in [-0.2, 0) is 0 Å². The summed E-state index contributed by atoms with van der Waals surface area (Å²) in [7, 11) is 0. The molecule has 0 bridgehead atoms. The Hall–Kier alpha value is -4.08. The number of pyridine rings is 1. The number of thiazole rings is 1. The molecular formula is C26H19N3O2S. The van der Waals surface area contributed by atoms with E-state index in [0.29, 0.717) is 26.1 Å². The van der Waals surface area contributed by atoms with Crippen LogP contribution in [-0.4, -0.2) is 15.3 Å². The number of Topliss-reactive ketones (excluding diaryl/α,β-unsaturated/α-hetero) is 1. The second-order valence-corrected chi connectivity index (χ2v) is 8.26. The average molecular weight is 438 g/mol. The molecule has 4 rings (SSSR count). The van der Waals surface area contributed by atoms with Crippen molar-refractivity contribution in [3.63, 3.8) is 0 Å². The number of aromatic nitrogens is 2. The number of rotatable bonds is 4. The zero-order valence-electron chi connectivity index (χ0n) is 17.6. The molecule has 0 aliphatic rings. The van der Waals surface area contributed by atoms with Crippen molar-refractivity contribution in [2.75, 3.05) is 0 Å². The highest BCUT2D eigenvalue weighted by molar-refractivity contribution is 7.07. The van der Waals surface area contributed by atoms with Crippen LogP contribution in [0.5, 0.6) is 0 Å². The van der Waals surface area contributed by atoms with Gasteiger partial charge in [-0.25, -0.2) is 0 Å². The second kappa shape index (κ2) is 8.96. The van der Waals surface area contributed by atoms with Crippen molar-refractivity contribution in [1.82, 2.24) is 9.55 Å². The maximum Gasteiger partial charge on any atom is 0.273 e. The SMILES string of the molecule is Cc1ccccc1C(=O)/C(C#N)=c1\s/c(=C\c2ccccn2)c(=O)n1-c1ccccc1C. The van der Waals surface area contributed by atoms with Crippen molar-refractivity contribution in [3.05, 3.63) is 115 Å². The van der Waals surface area contributed by atoms with E-state index < -0.39 is 5.78 Å². The van der Waals surface area contributed by atoms with Crippen molar-refractivity contribution in [2.45, 2.75) is 13.8 Å². The first kappa shape index (κ1) is 21.2. The molecule has 0 saturated carbocycles. The summed E-state index contributed by atoms with van der Waals surface area (Å²) in [5, 5.41) is 9.99. The van der Waals surface area contributed by atoms with Crippen LogP contribution in [0.15, 0.2) is 77.7 Å². The lowest BCUT2D eigenvalue weighted by atomic mass is 10.0. The van der Waals surface area contributed by atoms with Gasteiger partial charge in [0.2, 0.25) is 5.78 Å². The monoisotopic (exact) mass is 437 g/mol. The largest absolute Gasteiger partial charge is 0.288 e. The number of carbonyl (C=O) groups is 1. The molecule has 5 nitrogen and oxygen atoms in total. The van der Waals surface area contributed by atoms with E-state index in [2.05, 4.69) is 11.1 Å². The summed E-state index contributed by atoms with van der Waals surface area (Å²) in [6.07, 6.45) is 3.33. The minimum Gasteiger partial charge on any atom is -0.288 e. The molecule has 0 saturated heterocycles. The first-order valence-electron chi connectivity index (χ1n) is 9.96. The third-order valence-electron chi connectivity index (χ3n) is 5.09. The van der Waals surface area contributed by atoms with Gasteiger partial charge < -0.3 is 0 Å². The van der Waals surface area contributed by atoms with Gasteiger partial charge in [0.15, 0.2) is 0 Å². The minimum atomic E-state index is -0.404. The van der Waals surface area contributed by atoms with Crippen molar-refractivity contribution >= 4 is 28.8 Å². The lowest BCUT2D eigenvalue weighted by Crippen LogP contribution is -2.32. The zero-order valence-corrected chi connectivity index (χ0v) is 18.4. The van der Waals surface area contributed by atoms with E-state index in [0.717, 1.165) is 22.5 Å². The van der Waals surface area contributed by atoms with Crippen molar-refractivity contribution in [2.24, 2.45) is 0 Å². The summed E-state index contributed by atoms with van der Waals surface area (Å²) in [6.45, 7) is 3.71. The molecule has 4 aromatic rings. The van der Waals surface area contributed by atoms with Crippen LogP contribution in [0.2, 0.25) is 0 Å². The summed E-state index contributed by atoms with van der Waals surface area (Å²) >= 11 is 1.12. The first-order chi connectivity index (χ1) is 15.5. The van der Waals surface area contributed by atoms with Crippen molar-refractivity contribution < 1.29 is 4.79 Å². The third kappa shape index (κ3) is 3.94. The fourth-order valence-electron chi connectivity index (χ4n) is 3.44. The Kier molecular flexibility index (Phi) is 5.93. The quantitative estimate of drug-likeness (QED) is 0.459. The maximum atomic E-state index is 13.5. The van der Waals surface area contributed by atoms with Gasteiger partial charge in [-0.1, -0.05) is 48.5 Å². The number of hydrogen-bond acceptors (Lipinski definition) is 5. The average Bonchev–Trinajstić information content (AvgIpc) is 3.11. The minimum absolute atomic E-state index is 0.0645. The number of para-hydroxylation sites is 1. The third-order valence-corrected chi connectivity index (χ3v) is 6.18. The van der Waals surface area contributed by atoms with Crippen LogP contribution in [0.4, 0.5) is 0 Å². The van der Waals surface area contributed by atoms with Crippen molar-refractivity contribution in [1.29, 1.82) is 5.26 Å². The lowest BCUT2D eigenvalue weighted by molar-refractivity contribution is 0.105. The van der Waals surface area contributed by atoms with E-state index >= 15 is 0 Å². The Bertz CT molecular complexity index is 1540. The smallest absolute Gasteiger partial charge is 0.273 e. The molecule has 2 heterocycles. The highest BCUT2D eigenvalue weighted by Gasteiger charge is 2.20. The van der Waals surface area contributed by atoms with E-state index in [1.165, 1.54) is 4.57 Å². The Morgan fingerprint density at radius 2 is 1.69 bits per heavy atom. The molecule has 0 aliphatic heterocycles. The molecule has 2 aromatic carbocycles. The van der Waals surface area contributed by atoms with Crippen LogP contribution < -0.4 is 14.8 Å². The second-order valence-electron chi connectivity index (χ2n) is 7.23. The molecule has 6 heteroatoms. The van der Waals surface area contributed by atoms with E-state index in [1.54, 1.807) is 36.5 Å². The molecular weight excluding hydrogens is 418 g/mol. The number of nitrogens with zero attached hydrogens (tertiary/aromatic N) is 3. The van der Waals surface area contributed by atoms with Gasteiger partial charge in [-0.05, 0) is 49.2 Å². The molecule has 0 amide bonds. The summed E-state index contributed by atoms with van der Waals surface area (Å²) in [6, 6.07) is 22.0. The van der Waals surface area contributed by atoms with Gasteiger partial charge in [-0.3, -0.25) is 19.1 Å². The van der Waals surface area contributed by atoms with Crippen LogP contribution in [0, 0.1) is 25.2 Å². The Balaban J connectivity index is 2.10. The number of aryl methyl sites for hydroxylation is 2. The lowest BCUT2D eigenvalue weighted by Gasteiger charge is -2.08. The summed E-state index contributed by atoms with van der Waals surface area (Å²) in [4.78, 5) is 31.1. The first-order valence-corrected chi connectivity index (χ1v) is 10.8. The number of ketones is 1. The normalized spacial score (nSPS) is 12.3. The van der Waals surface area contributed by atoms with E-state index in [9.17, 15) is 14.9 Å². The van der Waals surface area contributed by atoms with Gasteiger partial charge in [-0.2, -0.15) is 5.26 Å². The molecule has 0 spiro atoms. The summed E-state index contributed by atoms with van der Waals surface area (Å²) < 4.78 is 2.17. The van der Waals surface area contributed by atoms with Crippen LogP contribution >= 0.6 is 11.3 Å². The standard InChI is InChI=1S/C26H19N3O2S/c1-17-9-3-5-12-20(17)24(30)21(16-27)26-29(22-13-6-4-10-18(22)2)25(31)23(32-26)15-19-11-7-8-14-28-19/h3-15H,1-2H3/b23-15-,26-21-. The van der Waals surface area contributed by atoms with Gasteiger partial charge in [0, 0.05) is 11.8 Å². The van der Waals surface area contributed by atoms with Gasteiger partial charge in [0.25, 0.3) is 5.56 Å². The Morgan fingerprint density at radius 3 is 2.34 bits per heavy atom. The van der Waals surface area contributed by atoms with E-state index in [1.807, 2.05) is 56.3 Å². The Labute approximate surface area is 188 Å². The molecule has 0 atom stereocenters. The van der Waals surface area contributed by atoms with E-state index in [-0.39, 0.29) is 11.1 Å². The van der Waals surface area contributed by atoms with Crippen LogP contribution in [0.3, 0.4) is 0 Å². The molecule has 2 aromatic heterocycles. The predicted octanol–water partition coefficient (Wildman–Crippen LogP) is 3.30. The number of benzene rings is 2. The maximum absolute atomic E-state index is 13.5. The molecule has 0 N–H and O–H groups in total. The number of carbonyl (C=O) groups excluding carboxylic acids is 1. The van der Waals surface area contributed by atoms with Gasteiger partial charge in [0.05, 0.1) is 15.9 Å². The molecule has 0 radical (unpaired) electrons. The molecule has 0 fully saturated rings. The van der Waals surface area contributed by atoms with Gasteiger partial charge in [-0.15, -0.1) is 11.3 Å². The topological polar surface area (TPSA) is 75.8 Å². The molecule has 0 aliphatic carbocycles. The fourth-order valence-corrected chi connectivity index (χ4v) is 4.52. The number of hydrogen-bond donors (Lipinski definition) is 0.